The maximum Gasteiger partial charge on any atom is 0.291 e. The van der Waals surface area contributed by atoms with E-state index in [9.17, 15) is 14.9 Å². The summed E-state index contributed by atoms with van der Waals surface area (Å²) >= 11 is 0. The summed E-state index contributed by atoms with van der Waals surface area (Å²) in [5, 5.41) is 15.0. The predicted molar refractivity (Wildman–Crippen MR) is 118 cm³/mol. The number of amides is 1. The van der Waals surface area contributed by atoms with Gasteiger partial charge in [0.1, 0.15) is 5.69 Å². The second-order valence-electron chi connectivity index (χ2n) is 7.28. The Morgan fingerprint density at radius 1 is 1.19 bits per heavy atom. The number of aromatic nitrogens is 2. The molecule has 1 aliphatic carbocycles. The lowest BCUT2D eigenvalue weighted by molar-refractivity contribution is -0.384. The number of nitrogens with one attached hydrogen (secondary N) is 1. The van der Waals surface area contributed by atoms with Gasteiger partial charge in [0.2, 0.25) is 0 Å². The molecule has 0 radical (unpaired) electrons. The molecule has 0 unspecified atom stereocenters. The minimum absolute atomic E-state index is 0.0641. The van der Waals surface area contributed by atoms with Crippen LogP contribution in [0.4, 0.5) is 5.69 Å². The van der Waals surface area contributed by atoms with E-state index in [1.165, 1.54) is 30.7 Å². The van der Waals surface area contributed by atoms with Crippen LogP contribution in [-0.2, 0) is 4.74 Å². The molecule has 1 amide bonds. The van der Waals surface area contributed by atoms with Crippen molar-refractivity contribution in [2.45, 2.75) is 12.8 Å². The minimum Gasteiger partial charge on any atom is -0.378 e. The quantitative estimate of drug-likeness (QED) is 0.421. The number of ether oxygens (including phenoxy) is 1. The standard InChI is InChI=1S/C22H22N6O4/c29-22(20-15-23-7-8-24-20)26-25-14-18-4-3-17(21(18)27-9-11-32-12-10-27)13-16-1-5-19(6-2-16)28(30)31/h1-2,5-8,13-15H,3-4,9-12H2,(H,26,29). The molecule has 1 N–H and O–H groups in total. The zero-order chi connectivity index (χ0) is 22.3. The zero-order valence-corrected chi connectivity index (χ0v) is 17.3. The van der Waals surface area contributed by atoms with Gasteiger partial charge in [0.25, 0.3) is 11.6 Å². The fraction of sp³-hybridized carbons (Fsp3) is 0.273. The zero-order valence-electron chi connectivity index (χ0n) is 17.3. The molecule has 0 atom stereocenters. The van der Waals surface area contributed by atoms with E-state index in [-0.39, 0.29) is 11.4 Å². The van der Waals surface area contributed by atoms with Crippen molar-refractivity contribution in [1.82, 2.24) is 20.3 Å². The van der Waals surface area contributed by atoms with E-state index in [2.05, 4.69) is 25.4 Å². The van der Waals surface area contributed by atoms with Crippen LogP contribution in [0.1, 0.15) is 28.9 Å². The third-order valence-electron chi connectivity index (χ3n) is 5.23. The summed E-state index contributed by atoms with van der Waals surface area (Å²) in [4.78, 5) is 32.8. The van der Waals surface area contributed by atoms with E-state index in [0.717, 1.165) is 48.3 Å². The van der Waals surface area contributed by atoms with E-state index < -0.39 is 10.8 Å². The molecule has 10 nitrogen and oxygen atoms in total. The Bertz CT molecular complexity index is 1070. The van der Waals surface area contributed by atoms with Crippen molar-refractivity contribution in [3.63, 3.8) is 0 Å². The lowest BCUT2D eigenvalue weighted by Crippen LogP contribution is -2.36. The number of morpholine rings is 1. The number of nitrogens with zero attached hydrogens (tertiary/aromatic N) is 5. The number of carbonyl (C=O) groups is 1. The van der Waals surface area contributed by atoms with Crippen LogP contribution >= 0.6 is 0 Å². The number of hydrazone groups is 1. The molecule has 10 heteroatoms. The van der Waals surface area contributed by atoms with Gasteiger partial charge < -0.3 is 9.64 Å². The highest BCUT2D eigenvalue weighted by molar-refractivity contribution is 5.93. The molecular formula is C22H22N6O4. The summed E-state index contributed by atoms with van der Waals surface area (Å²) in [6.07, 6.45) is 9.63. The van der Waals surface area contributed by atoms with Crippen LogP contribution in [0.5, 0.6) is 0 Å². The average molecular weight is 434 g/mol. The number of allylic oxidation sites excluding steroid dienone is 2. The smallest absolute Gasteiger partial charge is 0.291 e. The number of non-ortho nitro benzene ring substituents is 1. The molecule has 2 aliphatic rings. The fourth-order valence-corrected chi connectivity index (χ4v) is 3.71. The predicted octanol–water partition coefficient (Wildman–Crippen LogP) is 2.56. The SMILES string of the molecule is O=C(NN=CC1=C(N2CCOCC2)C(=Cc2ccc([N+](=O)[O-])cc2)CC1)c1cnccn1. The topological polar surface area (TPSA) is 123 Å². The fourth-order valence-electron chi connectivity index (χ4n) is 3.71. The number of nitro groups is 1. The molecule has 0 saturated carbocycles. The van der Waals surface area contributed by atoms with Crippen LogP contribution < -0.4 is 5.43 Å². The first-order valence-electron chi connectivity index (χ1n) is 10.2. The summed E-state index contributed by atoms with van der Waals surface area (Å²) < 4.78 is 5.49. The molecule has 1 aromatic heterocycles. The van der Waals surface area contributed by atoms with Crippen LogP contribution in [0, 0.1) is 10.1 Å². The third-order valence-corrected chi connectivity index (χ3v) is 5.23. The van der Waals surface area contributed by atoms with Crippen LogP contribution in [0.15, 0.2) is 64.8 Å². The summed E-state index contributed by atoms with van der Waals surface area (Å²) in [6.45, 7) is 2.80. The molecule has 1 saturated heterocycles. The van der Waals surface area contributed by atoms with Crippen LogP contribution in [0.2, 0.25) is 0 Å². The number of hydrogen-bond acceptors (Lipinski definition) is 8. The van der Waals surface area contributed by atoms with Gasteiger partial charge in [-0.05, 0) is 47.8 Å². The Hall–Kier alpha value is -3.92. The van der Waals surface area contributed by atoms with E-state index >= 15 is 0 Å². The van der Waals surface area contributed by atoms with Crippen molar-refractivity contribution in [3.8, 4) is 0 Å². The van der Waals surface area contributed by atoms with Crippen molar-refractivity contribution in [3.05, 3.63) is 81.1 Å². The normalized spacial score (nSPS) is 17.9. The molecule has 1 aromatic carbocycles. The summed E-state index contributed by atoms with van der Waals surface area (Å²) in [5.41, 5.74) is 6.86. The Balaban J connectivity index is 1.57. The summed E-state index contributed by atoms with van der Waals surface area (Å²) in [7, 11) is 0. The third kappa shape index (κ3) is 5.03. The molecule has 32 heavy (non-hydrogen) atoms. The van der Waals surface area contributed by atoms with Gasteiger partial charge in [-0.1, -0.05) is 0 Å². The summed E-state index contributed by atoms with van der Waals surface area (Å²) in [5.74, 6) is -0.428. The van der Waals surface area contributed by atoms with Gasteiger partial charge in [-0.15, -0.1) is 0 Å². The van der Waals surface area contributed by atoms with Crippen molar-refractivity contribution in [2.24, 2.45) is 5.10 Å². The first-order valence-corrected chi connectivity index (χ1v) is 10.2. The molecule has 0 spiro atoms. The Labute approximate surface area is 184 Å². The summed E-state index contributed by atoms with van der Waals surface area (Å²) in [6, 6.07) is 6.50. The van der Waals surface area contributed by atoms with Crippen molar-refractivity contribution < 1.29 is 14.5 Å². The van der Waals surface area contributed by atoms with Gasteiger partial charge in [-0.2, -0.15) is 5.10 Å². The van der Waals surface area contributed by atoms with Gasteiger partial charge in [-0.25, -0.2) is 10.4 Å². The highest BCUT2D eigenvalue weighted by atomic mass is 16.6. The lowest BCUT2D eigenvalue weighted by atomic mass is 10.1. The lowest BCUT2D eigenvalue weighted by Gasteiger charge is -2.31. The monoisotopic (exact) mass is 434 g/mol. The molecule has 4 rings (SSSR count). The van der Waals surface area contributed by atoms with Gasteiger partial charge in [0.05, 0.1) is 30.5 Å². The average Bonchev–Trinajstić information content (AvgIpc) is 3.22. The second kappa shape index (κ2) is 9.92. The van der Waals surface area contributed by atoms with Gasteiger partial charge in [0, 0.05) is 43.3 Å². The number of benzene rings is 1. The van der Waals surface area contributed by atoms with Crippen molar-refractivity contribution in [1.29, 1.82) is 0 Å². The van der Waals surface area contributed by atoms with Gasteiger partial charge >= 0.3 is 0 Å². The maximum atomic E-state index is 12.2. The highest BCUT2D eigenvalue weighted by Crippen LogP contribution is 2.35. The Morgan fingerprint density at radius 3 is 2.66 bits per heavy atom. The van der Waals surface area contributed by atoms with E-state index in [1.54, 1.807) is 18.3 Å². The van der Waals surface area contributed by atoms with E-state index in [4.69, 9.17) is 4.74 Å². The minimum atomic E-state index is -0.428. The number of rotatable bonds is 6. The first-order chi connectivity index (χ1) is 15.6. The van der Waals surface area contributed by atoms with Gasteiger partial charge in [-0.3, -0.25) is 19.9 Å². The Morgan fingerprint density at radius 2 is 1.97 bits per heavy atom. The number of carbonyl (C=O) groups excluding carboxylic acids is 1. The van der Waals surface area contributed by atoms with Gasteiger partial charge in [0.15, 0.2) is 0 Å². The molecule has 2 heterocycles. The van der Waals surface area contributed by atoms with Crippen molar-refractivity contribution in [2.75, 3.05) is 26.3 Å². The molecule has 1 fully saturated rings. The number of hydrogen-bond donors (Lipinski definition) is 1. The highest BCUT2D eigenvalue weighted by Gasteiger charge is 2.25. The van der Waals surface area contributed by atoms with Crippen LogP contribution in [0.25, 0.3) is 6.08 Å². The van der Waals surface area contributed by atoms with Crippen molar-refractivity contribution >= 4 is 23.9 Å². The molecule has 164 valence electrons. The largest absolute Gasteiger partial charge is 0.378 e. The number of nitro benzene ring substituents is 1. The van der Waals surface area contributed by atoms with Crippen LogP contribution in [-0.4, -0.2) is 58.2 Å². The molecule has 1 aliphatic heterocycles. The van der Waals surface area contributed by atoms with E-state index in [1.807, 2.05) is 6.08 Å². The van der Waals surface area contributed by atoms with E-state index in [0.29, 0.717) is 13.2 Å². The Kier molecular flexibility index (Phi) is 6.61. The first kappa shape index (κ1) is 21.3. The maximum absolute atomic E-state index is 12.2. The van der Waals surface area contributed by atoms with Crippen LogP contribution in [0.3, 0.4) is 0 Å². The molecule has 0 bridgehead atoms. The molecular weight excluding hydrogens is 412 g/mol. The second-order valence-corrected chi connectivity index (χ2v) is 7.28. The molecule has 2 aromatic rings.